The minimum absolute atomic E-state index is 0.599. The fraction of sp³-hybridized carbons (Fsp3) is 1.00. The number of rotatable bonds is 10. The zero-order chi connectivity index (χ0) is 10.6. The molecule has 0 amide bonds. The molecule has 0 radical (unpaired) electrons. The average Bonchev–Trinajstić information content (AvgIpc) is 2.15. The van der Waals surface area contributed by atoms with Crippen molar-refractivity contribution in [2.24, 2.45) is 0 Å². The summed E-state index contributed by atoms with van der Waals surface area (Å²) in [4.78, 5) is 0. The third-order valence-electron chi connectivity index (χ3n) is 1.59. The summed E-state index contributed by atoms with van der Waals surface area (Å²) in [5.74, 6) is 1.98. The van der Waals surface area contributed by atoms with Crippen molar-refractivity contribution in [3.63, 3.8) is 0 Å². The van der Waals surface area contributed by atoms with Gasteiger partial charge in [0, 0.05) is 24.9 Å². The number of nitrogens with one attached hydrogen (secondary N) is 1. The van der Waals surface area contributed by atoms with Crippen LogP contribution in [0.4, 0.5) is 0 Å². The molecule has 2 nitrogen and oxygen atoms in total. The van der Waals surface area contributed by atoms with Gasteiger partial charge in [-0.25, -0.2) is 0 Å². The van der Waals surface area contributed by atoms with Crippen molar-refractivity contribution in [3.05, 3.63) is 0 Å². The van der Waals surface area contributed by atoms with E-state index in [-0.39, 0.29) is 0 Å². The van der Waals surface area contributed by atoms with Crippen LogP contribution in [-0.4, -0.2) is 30.9 Å². The van der Waals surface area contributed by atoms with Crippen LogP contribution in [0.2, 0.25) is 0 Å². The van der Waals surface area contributed by atoms with E-state index in [4.69, 9.17) is 4.74 Å². The highest BCUT2D eigenvalue weighted by molar-refractivity contribution is 8.76. The Bertz CT molecular complexity index is 112. The van der Waals surface area contributed by atoms with Crippen LogP contribution in [0, 0.1) is 0 Å². The molecule has 0 aliphatic heterocycles. The first-order valence-electron chi connectivity index (χ1n) is 5.33. The fourth-order valence-corrected chi connectivity index (χ4v) is 2.41. The van der Waals surface area contributed by atoms with E-state index in [1.165, 1.54) is 12.8 Å². The summed E-state index contributed by atoms with van der Waals surface area (Å²) in [6.07, 6.45) is 2.40. The third kappa shape index (κ3) is 12.6. The second-order valence-electron chi connectivity index (χ2n) is 3.43. The van der Waals surface area contributed by atoms with E-state index in [0.29, 0.717) is 6.04 Å². The maximum absolute atomic E-state index is 5.42. The molecule has 4 heteroatoms. The van der Waals surface area contributed by atoms with Gasteiger partial charge < -0.3 is 10.1 Å². The zero-order valence-electron chi connectivity index (χ0n) is 9.54. The number of hydrogen-bond donors (Lipinski definition) is 1. The minimum atomic E-state index is 0.599. The van der Waals surface area contributed by atoms with Gasteiger partial charge in [0.1, 0.15) is 5.94 Å². The van der Waals surface area contributed by atoms with Gasteiger partial charge in [-0.05, 0) is 6.42 Å². The molecule has 0 atom stereocenters. The lowest BCUT2D eigenvalue weighted by Crippen LogP contribution is -2.24. The van der Waals surface area contributed by atoms with Crippen molar-refractivity contribution in [2.45, 2.75) is 39.7 Å². The van der Waals surface area contributed by atoms with E-state index in [0.717, 1.165) is 24.8 Å². The molecular formula is C10H23NOS2. The van der Waals surface area contributed by atoms with Crippen molar-refractivity contribution in [2.75, 3.05) is 24.8 Å². The summed E-state index contributed by atoms with van der Waals surface area (Å²) in [5.41, 5.74) is 0. The highest BCUT2D eigenvalue weighted by Crippen LogP contribution is 2.20. The molecule has 0 aliphatic rings. The summed E-state index contributed by atoms with van der Waals surface area (Å²) >= 11 is 0. The molecule has 0 unspecified atom stereocenters. The summed E-state index contributed by atoms with van der Waals surface area (Å²) in [6.45, 7) is 8.53. The maximum Gasteiger partial charge on any atom is 0.102 e. The SMILES string of the molecule is CCCCOCSSCCNC(C)C. The first kappa shape index (κ1) is 14.6. The molecule has 0 bridgehead atoms. The lowest BCUT2D eigenvalue weighted by atomic mass is 10.4. The number of unbranched alkanes of at least 4 members (excludes halogenated alkanes) is 1. The molecule has 0 spiro atoms. The summed E-state index contributed by atoms with van der Waals surface area (Å²) in [6, 6.07) is 0.599. The Balaban J connectivity index is 2.85. The van der Waals surface area contributed by atoms with Gasteiger partial charge in [-0.3, -0.25) is 0 Å². The third-order valence-corrected chi connectivity index (χ3v) is 3.68. The predicted octanol–water partition coefficient (Wildman–Crippen LogP) is 3.14. The van der Waals surface area contributed by atoms with Crippen LogP contribution >= 0.6 is 21.6 Å². The first-order chi connectivity index (χ1) is 6.77. The van der Waals surface area contributed by atoms with Crippen LogP contribution in [0.15, 0.2) is 0 Å². The van der Waals surface area contributed by atoms with Gasteiger partial charge in [0.25, 0.3) is 0 Å². The molecule has 0 aromatic heterocycles. The Kier molecular flexibility index (Phi) is 12.2. The van der Waals surface area contributed by atoms with E-state index in [9.17, 15) is 0 Å². The van der Waals surface area contributed by atoms with Gasteiger partial charge in [-0.1, -0.05) is 48.8 Å². The second-order valence-corrected chi connectivity index (χ2v) is 5.96. The van der Waals surface area contributed by atoms with Crippen LogP contribution in [0.3, 0.4) is 0 Å². The van der Waals surface area contributed by atoms with Crippen LogP contribution in [-0.2, 0) is 4.74 Å². The molecule has 14 heavy (non-hydrogen) atoms. The van der Waals surface area contributed by atoms with E-state index < -0.39 is 0 Å². The first-order valence-corrected chi connectivity index (χ1v) is 7.81. The lowest BCUT2D eigenvalue weighted by Gasteiger charge is -2.07. The van der Waals surface area contributed by atoms with Gasteiger partial charge in [0.05, 0.1) is 0 Å². The quantitative estimate of drug-likeness (QED) is 0.358. The molecule has 0 saturated heterocycles. The van der Waals surface area contributed by atoms with E-state index in [1.807, 2.05) is 21.6 Å². The van der Waals surface area contributed by atoms with Crippen LogP contribution in [0.5, 0.6) is 0 Å². The van der Waals surface area contributed by atoms with Gasteiger partial charge >= 0.3 is 0 Å². The van der Waals surface area contributed by atoms with Crippen LogP contribution < -0.4 is 5.32 Å². The van der Waals surface area contributed by atoms with Crippen molar-refractivity contribution in [1.29, 1.82) is 0 Å². The molecule has 0 rings (SSSR count). The van der Waals surface area contributed by atoms with E-state index in [1.54, 1.807) is 0 Å². The highest BCUT2D eigenvalue weighted by atomic mass is 33.1. The molecule has 0 fully saturated rings. The minimum Gasteiger partial charge on any atom is -0.370 e. The molecule has 0 saturated carbocycles. The average molecular weight is 237 g/mol. The molecule has 0 aliphatic carbocycles. The van der Waals surface area contributed by atoms with Gasteiger partial charge in [0.2, 0.25) is 0 Å². The molecule has 1 N–H and O–H groups in total. The normalized spacial score (nSPS) is 11.1. The van der Waals surface area contributed by atoms with Crippen molar-refractivity contribution >= 4 is 21.6 Å². The topological polar surface area (TPSA) is 21.3 Å². The van der Waals surface area contributed by atoms with Crippen LogP contribution in [0.25, 0.3) is 0 Å². The monoisotopic (exact) mass is 237 g/mol. The smallest absolute Gasteiger partial charge is 0.102 e. The Labute approximate surface area is 96.3 Å². The molecule has 86 valence electrons. The number of ether oxygens (including phenoxy) is 1. The molecule has 0 heterocycles. The Morgan fingerprint density at radius 3 is 2.71 bits per heavy atom. The van der Waals surface area contributed by atoms with Crippen molar-refractivity contribution in [3.8, 4) is 0 Å². The fourth-order valence-electron chi connectivity index (χ4n) is 0.822. The molecular weight excluding hydrogens is 214 g/mol. The summed E-state index contributed by atoms with van der Waals surface area (Å²) in [5, 5.41) is 3.38. The second kappa shape index (κ2) is 11.7. The maximum atomic E-state index is 5.42. The number of hydrogen-bond acceptors (Lipinski definition) is 4. The lowest BCUT2D eigenvalue weighted by molar-refractivity contribution is 0.179. The van der Waals surface area contributed by atoms with Gasteiger partial charge in [0.15, 0.2) is 0 Å². The van der Waals surface area contributed by atoms with Gasteiger partial charge in [-0.2, -0.15) is 0 Å². The Morgan fingerprint density at radius 2 is 2.07 bits per heavy atom. The zero-order valence-corrected chi connectivity index (χ0v) is 11.2. The van der Waals surface area contributed by atoms with E-state index in [2.05, 4.69) is 26.1 Å². The molecule has 0 aromatic carbocycles. The van der Waals surface area contributed by atoms with Crippen molar-refractivity contribution in [1.82, 2.24) is 5.32 Å². The van der Waals surface area contributed by atoms with Gasteiger partial charge in [-0.15, -0.1) is 0 Å². The standard InChI is InChI=1S/C10H23NOS2/c1-4-5-7-12-9-14-13-8-6-11-10(2)3/h10-11H,4-9H2,1-3H3. The summed E-state index contributed by atoms with van der Waals surface area (Å²) in [7, 11) is 3.69. The largest absolute Gasteiger partial charge is 0.370 e. The van der Waals surface area contributed by atoms with Crippen molar-refractivity contribution < 1.29 is 4.74 Å². The predicted molar refractivity (Wildman–Crippen MR) is 68.9 cm³/mol. The Hall–Kier alpha value is 0.620. The summed E-state index contributed by atoms with van der Waals surface area (Å²) < 4.78 is 5.42. The van der Waals surface area contributed by atoms with E-state index >= 15 is 0 Å². The highest BCUT2D eigenvalue weighted by Gasteiger charge is 1.93. The Morgan fingerprint density at radius 1 is 1.29 bits per heavy atom. The van der Waals surface area contributed by atoms with Crippen LogP contribution in [0.1, 0.15) is 33.6 Å². The molecule has 0 aromatic rings.